The van der Waals surface area contributed by atoms with E-state index < -0.39 is 5.91 Å². The average Bonchev–Trinajstić information content (AvgIpc) is 2.42. The summed E-state index contributed by atoms with van der Waals surface area (Å²) < 4.78 is 0. The van der Waals surface area contributed by atoms with Crippen LogP contribution in [0.5, 0.6) is 0 Å². The molecule has 2 heterocycles. The Balaban J connectivity index is 2.74. The van der Waals surface area contributed by atoms with E-state index in [1.807, 2.05) is 0 Å². The average molecular weight is 178 g/mol. The number of hydrogen-bond donors (Lipinski definition) is 3. The summed E-state index contributed by atoms with van der Waals surface area (Å²) in [5, 5.41) is 0. The number of hydrogen-bond acceptors (Lipinski definition) is 3. The van der Waals surface area contributed by atoms with Crippen molar-refractivity contribution in [1.82, 2.24) is 15.0 Å². The number of carbonyl (C=O) groups excluding carboxylic acids is 1. The fourth-order valence-corrected chi connectivity index (χ4v) is 1.05. The van der Waals surface area contributed by atoms with E-state index in [2.05, 4.69) is 15.0 Å². The van der Waals surface area contributed by atoms with Crippen molar-refractivity contribution >= 4 is 17.1 Å². The number of nitrogens with zero attached hydrogens (tertiary/aromatic N) is 1. The van der Waals surface area contributed by atoms with Crippen LogP contribution in [0.1, 0.15) is 10.5 Å². The molecule has 4 N–H and O–H groups in total. The molecular formula is C7H6N4O2. The largest absolute Gasteiger partial charge is 0.364 e. The Morgan fingerprint density at radius 1 is 1.38 bits per heavy atom. The minimum absolute atomic E-state index is 0.128. The van der Waals surface area contributed by atoms with E-state index in [0.717, 1.165) is 0 Å². The molecular weight excluding hydrogens is 172 g/mol. The van der Waals surface area contributed by atoms with E-state index in [-0.39, 0.29) is 11.4 Å². The number of imidazole rings is 1. The predicted molar refractivity (Wildman–Crippen MR) is 45.2 cm³/mol. The van der Waals surface area contributed by atoms with Gasteiger partial charge in [-0.15, -0.1) is 0 Å². The number of aromatic amines is 2. The van der Waals surface area contributed by atoms with Gasteiger partial charge in [0.25, 0.3) is 5.91 Å². The number of primary amides is 1. The van der Waals surface area contributed by atoms with Crippen LogP contribution < -0.4 is 11.4 Å². The molecule has 13 heavy (non-hydrogen) atoms. The molecule has 0 aliphatic heterocycles. The molecule has 0 saturated heterocycles. The molecule has 0 aliphatic rings. The van der Waals surface area contributed by atoms with Crippen LogP contribution in [0.15, 0.2) is 16.9 Å². The van der Waals surface area contributed by atoms with E-state index in [0.29, 0.717) is 11.2 Å². The van der Waals surface area contributed by atoms with Crippen molar-refractivity contribution in [2.75, 3.05) is 0 Å². The normalized spacial score (nSPS) is 10.5. The summed E-state index contributed by atoms with van der Waals surface area (Å²) in [5.74, 6) is -0.621. The van der Waals surface area contributed by atoms with Crippen molar-refractivity contribution in [3.8, 4) is 0 Å². The van der Waals surface area contributed by atoms with Crippen LogP contribution in [0.3, 0.4) is 0 Å². The van der Waals surface area contributed by atoms with E-state index >= 15 is 0 Å². The second-order valence-electron chi connectivity index (χ2n) is 2.54. The lowest BCUT2D eigenvalue weighted by atomic mass is 10.3. The molecule has 0 saturated carbocycles. The zero-order valence-electron chi connectivity index (χ0n) is 6.50. The molecule has 0 unspecified atom stereocenters. The van der Waals surface area contributed by atoms with Crippen molar-refractivity contribution in [1.29, 1.82) is 0 Å². The first-order valence-corrected chi connectivity index (χ1v) is 3.55. The third kappa shape index (κ3) is 1.18. The number of fused-ring (bicyclic) bond motifs is 1. The molecule has 2 aromatic rings. The summed E-state index contributed by atoms with van der Waals surface area (Å²) >= 11 is 0. The molecule has 0 fully saturated rings. The summed E-state index contributed by atoms with van der Waals surface area (Å²) in [4.78, 5) is 30.3. The second-order valence-corrected chi connectivity index (χ2v) is 2.54. The number of aromatic nitrogens is 3. The fraction of sp³-hybridized carbons (Fsp3) is 0. The van der Waals surface area contributed by atoms with Crippen LogP contribution in [-0.2, 0) is 0 Å². The summed E-state index contributed by atoms with van der Waals surface area (Å²) in [6.07, 6.45) is 0. The number of amides is 1. The second kappa shape index (κ2) is 2.44. The van der Waals surface area contributed by atoms with Gasteiger partial charge >= 0.3 is 5.69 Å². The number of H-pyrrole nitrogens is 2. The van der Waals surface area contributed by atoms with E-state index in [1.54, 1.807) is 6.07 Å². The van der Waals surface area contributed by atoms with Crippen LogP contribution >= 0.6 is 0 Å². The molecule has 0 aromatic carbocycles. The smallest absolute Gasteiger partial charge is 0.325 e. The number of rotatable bonds is 1. The van der Waals surface area contributed by atoms with Gasteiger partial charge in [-0.2, -0.15) is 0 Å². The molecule has 2 rings (SSSR count). The standard InChI is InChI=1S/C7H6N4O2/c8-5(12)3-1-2-4-6(9-3)11-7(13)10-4/h1-2H,(H2,8,12)(H2,9,10,11,13). The molecule has 1 amide bonds. The van der Waals surface area contributed by atoms with E-state index in [1.165, 1.54) is 6.07 Å². The van der Waals surface area contributed by atoms with Gasteiger partial charge in [0.15, 0.2) is 5.65 Å². The molecule has 6 nitrogen and oxygen atoms in total. The highest BCUT2D eigenvalue weighted by molar-refractivity contribution is 5.92. The molecule has 0 aliphatic carbocycles. The van der Waals surface area contributed by atoms with Gasteiger partial charge in [-0.05, 0) is 12.1 Å². The molecule has 0 atom stereocenters. The Kier molecular flexibility index (Phi) is 1.42. The maximum atomic E-state index is 10.8. The predicted octanol–water partition coefficient (Wildman–Crippen LogP) is -0.650. The van der Waals surface area contributed by atoms with Gasteiger partial charge in [0, 0.05) is 0 Å². The lowest BCUT2D eigenvalue weighted by Gasteiger charge is -1.92. The first kappa shape index (κ1) is 7.53. The lowest BCUT2D eigenvalue weighted by Crippen LogP contribution is -2.12. The molecule has 66 valence electrons. The topological polar surface area (TPSA) is 105 Å². The highest BCUT2D eigenvalue weighted by Crippen LogP contribution is 2.04. The third-order valence-electron chi connectivity index (χ3n) is 1.63. The van der Waals surface area contributed by atoms with Gasteiger partial charge in [0.2, 0.25) is 0 Å². The Labute approximate surface area is 71.8 Å². The van der Waals surface area contributed by atoms with Crippen molar-refractivity contribution in [2.45, 2.75) is 0 Å². The lowest BCUT2D eigenvalue weighted by molar-refractivity contribution is 0.0996. The maximum absolute atomic E-state index is 10.8. The quantitative estimate of drug-likeness (QED) is 0.540. The molecule has 0 radical (unpaired) electrons. The summed E-state index contributed by atoms with van der Waals surface area (Å²) in [6.45, 7) is 0. The first-order valence-electron chi connectivity index (χ1n) is 3.55. The number of nitrogens with one attached hydrogen (secondary N) is 2. The monoisotopic (exact) mass is 178 g/mol. The Morgan fingerprint density at radius 2 is 2.15 bits per heavy atom. The molecule has 2 aromatic heterocycles. The first-order chi connectivity index (χ1) is 6.16. The van der Waals surface area contributed by atoms with Gasteiger partial charge < -0.3 is 10.7 Å². The van der Waals surface area contributed by atoms with Gasteiger partial charge in [0.05, 0.1) is 5.52 Å². The van der Waals surface area contributed by atoms with Crippen molar-refractivity contribution in [3.63, 3.8) is 0 Å². The zero-order chi connectivity index (χ0) is 9.42. The zero-order valence-corrected chi connectivity index (χ0v) is 6.50. The van der Waals surface area contributed by atoms with Crippen LogP contribution in [0, 0.1) is 0 Å². The Morgan fingerprint density at radius 3 is 2.85 bits per heavy atom. The summed E-state index contributed by atoms with van der Waals surface area (Å²) in [6, 6.07) is 3.02. The van der Waals surface area contributed by atoms with Gasteiger partial charge in [-0.25, -0.2) is 9.78 Å². The van der Waals surface area contributed by atoms with E-state index in [9.17, 15) is 9.59 Å². The molecule has 6 heteroatoms. The summed E-state index contributed by atoms with van der Waals surface area (Å²) in [5.41, 5.74) is 5.66. The van der Waals surface area contributed by atoms with Gasteiger partial charge in [-0.3, -0.25) is 9.78 Å². The highest BCUT2D eigenvalue weighted by Gasteiger charge is 2.04. The number of pyridine rings is 1. The number of nitrogens with two attached hydrogens (primary N) is 1. The third-order valence-corrected chi connectivity index (χ3v) is 1.63. The highest BCUT2D eigenvalue weighted by atomic mass is 16.1. The van der Waals surface area contributed by atoms with Crippen LogP contribution in [0.2, 0.25) is 0 Å². The SMILES string of the molecule is NC(=O)c1ccc2[nH]c(=O)[nH]c2n1. The fourth-order valence-electron chi connectivity index (χ4n) is 1.05. The number of carbonyl (C=O) groups is 1. The van der Waals surface area contributed by atoms with Crippen LogP contribution in [-0.4, -0.2) is 20.9 Å². The van der Waals surface area contributed by atoms with Crippen molar-refractivity contribution in [3.05, 3.63) is 28.3 Å². The minimum atomic E-state index is -0.621. The van der Waals surface area contributed by atoms with Crippen LogP contribution in [0.25, 0.3) is 11.2 Å². The molecule has 0 bridgehead atoms. The Bertz CT molecular complexity index is 525. The van der Waals surface area contributed by atoms with Crippen molar-refractivity contribution < 1.29 is 4.79 Å². The maximum Gasteiger partial charge on any atom is 0.325 e. The van der Waals surface area contributed by atoms with Gasteiger partial charge in [-0.1, -0.05) is 0 Å². The van der Waals surface area contributed by atoms with Crippen molar-refractivity contribution in [2.24, 2.45) is 5.73 Å². The summed E-state index contributed by atoms with van der Waals surface area (Å²) in [7, 11) is 0. The minimum Gasteiger partial charge on any atom is -0.364 e. The van der Waals surface area contributed by atoms with E-state index in [4.69, 9.17) is 5.73 Å². The molecule has 0 spiro atoms. The van der Waals surface area contributed by atoms with Crippen LogP contribution in [0.4, 0.5) is 0 Å². The van der Waals surface area contributed by atoms with Gasteiger partial charge in [0.1, 0.15) is 5.69 Å². The Hall–Kier alpha value is -2.11.